The number of piperidine rings is 1. The third-order valence-corrected chi connectivity index (χ3v) is 5.77. The number of aliphatic hydroxyl groups is 2. The van der Waals surface area contributed by atoms with Crippen molar-refractivity contribution in [3.8, 4) is 0 Å². The second-order valence-electron chi connectivity index (χ2n) is 6.84. The number of amides is 1. The van der Waals surface area contributed by atoms with Gasteiger partial charge in [-0.1, -0.05) is 30.3 Å². The van der Waals surface area contributed by atoms with E-state index in [0.717, 1.165) is 16.3 Å². The van der Waals surface area contributed by atoms with Gasteiger partial charge in [0.2, 0.25) is 5.91 Å². The lowest BCUT2D eigenvalue weighted by molar-refractivity contribution is -0.141. The molecule has 2 N–H and O–H groups in total. The topological polar surface area (TPSA) is 73.7 Å². The highest BCUT2D eigenvalue weighted by atomic mass is 32.1. The number of aryl methyl sites for hydroxylation is 1. The third-order valence-electron chi connectivity index (χ3n) is 4.95. The SMILES string of the molecule is Cc1nc(CC(=O)N2CC[C@H](O)[C@](CO)(Cc3ccccc3)C2)cs1. The van der Waals surface area contributed by atoms with Crippen LogP contribution in [0.1, 0.15) is 22.7 Å². The Morgan fingerprint density at radius 2 is 2.16 bits per heavy atom. The van der Waals surface area contributed by atoms with Crippen molar-refractivity contribution in [3.05, 3.63) is 52.0 Å². The maximum atomic E-state index is 12.7. The first kappa shape index (κ1) is 18.0. The molecule has 2 aromatic rings. The summed E-state index contributed by atoms with van der Waals surface area (Å²) in [5.74, 6) is 0.00286. The molecule has 0 saturated carbocycles. The van der Waals surface area contributed by atoms with Crippen LogP contribution in [0.5, 0.6) is 0 Å². The number of hydrogen-bond acceptors (Lipinski definition) is 5. The normalized spacial score (nSPS) is 23.6. The molecule has 2 atom stereocenters. The van der Waals surface area contributed by atoms with Gasteiger partial charge in [-0.05, 0) is 25.3 Å². The van der Waals surface area contributed by atoms with E-state index < -0.39 is 11.5 Å². The maximum Gasteiger partial charge on any atom is 0.228 e. The Morgan fingerprint density at radius 3 is 2.80 bits per heavy atom. The first-order chi connectivity index (χ1) is 12.0. The van der Waals surface area contributed by atoms with Crippen molar-refractivity contribution in [1.29, 1.82) is 0 Å². The van der Waals surface area contributed by atoms with Gasteiger partial charge in [0.1, 0.15) is 0 Å². The summed E-state index contributed by atoms with van der Waals surface area (Å²) < 4.78 is 0. The number of thiazole rings is 1. The van der Waals surface area contributed by atoms with Gasteiger partial charge in [0, 0.05) is 23.9 Å². The summed E-state index contributed by atoms with van der Waals surface area (Å²) in [7, 11) is 0. The van der Waals surface area contributed by atoms with Crippen molar-refractivity contribution >= 4 is 17.2 Å². The molecule has 0 bridgehead atoms. The second kappa shape index (κ2) is 7.64. The molecule has 0 spiro atoms. The average Bonchev–Trinajstić information content (AvgIpc) is 3.02. The molecule has 1 aliphatic heterocycles. The van der Waals surface area contributed by atoms with Gasteiger partial charge in [0.05, 0.1) is 29.8 Å². The van der Waals surface area contributed by atoms with Crippen molar-refractivity contribution in [1.82, 2.24) is 9.88 Å². The Morgan fingerprint density at radius 1 is 1.40 bits per heavy atom. The van der Waals surface area contributed by atoms with E-state index in [-0.39, 0.29) is 18.9 Å². The van der Waals surface area contributed by atoms with Crippen molar-refractivity contribution in [2.45, 2.75) is 32.3 Å². The van der Waals surface area contributed by atoms with E-state index in [1.54, 1.807) is 4.90 Å². The number of likely N-dealkylation sites (tertiary alicyclic amines) is 1. The van der Waals surface area contributed by atoms with Crippen molar-refractivity contribution in [2.75, 3.05) is 19.7 Å². The molecule has 1 amide bonds. The van der Waals surface area contributed by atoms with E-state index in [1.165, 1.54) is 11.3 Å². The van der Waals surface area contributed by atoms with Crippen LogP contribution in [0.4, 0.5) is 0 Å². The highest BCUT2D eigenvalue weighted by molar-refractivity contribution is 7.09. The van der Waals surface area contributed by atoms with Crippen molar-refractivity contribution < 1.29 is 15.0 Å². The van der Waals surface area contributed by atoms with Crippen LogP contribution in [0.15, 0.2) is 35.7 Å². The molecule has 25 heavy (non-hydrogen) atoms. The number of nitrogens with zero attached hydrogens (tertiary/aromatic N) is 2. The predicted octanol–water partition coefficient (Wildman–Crippen LogP) is 1.81. The third kappa shape index (κ3) is 4.08. The quantitative estimate of drug-likeness (QED) is 0.853. The minimum absolute atomic E-state index is 0.00286. The summed E-state index contributed by atoms with van der Waals surface area (Å²) in [6.07, 6.45) is 0.677. The van der Waals surface area contributed by atoms with E-state index in [2.05, 4.69) is 4.98 Å². The minimum atomic E-state index is -0.715. The van der Waals surface area contributed by atoms with E-state index >= 15 is 0 Å². The lowest BCUT2D eigenvalue weighted by atomic mass is 9.73. The number of carbonyl (C=O) groups is 1. The molecule has 3 rings (SSSR count). The second-order valence-corrected chi connectivity index (χ2v) is 7.90. The summed E-state index contributed by atoms with van der Waals surface area (Å²) >= 11 is 1.54. The Balaban J connectivity index is 1.73. The summed E-state index contributed by atoms with van der Waals surface area (Å²) in [5, 5.41) is 23.5. The molecule has 6 heteroatoms. The van der Waals surface area contributed by atoms with Crippen LogP contribution in [0.25, 0.3) is 0 Å². The first-order valence-electron chi connectivity index (χ1n) is 8.54. The summed E-state index contributed by atoms with van der Waals surface area (Å²) in [6, 6.07) is 9.82. The van der Waals surface area contributed by atoms with E-state index in [9.17, 15) is 15.0 Å². The van der Waals surface area contributed by atoms with E-state index in [4.69, 9.17) is 0 Å². The largest absolute Gasteiger partial charge is 0.396 e. The molecule has 0 unspecified atom stereocenters. The summed E-state index contributed by atoms with van der Waals surface area (Å²) in [5.41, 5.74) is 1.13. The van der Waals surface area contributed by atoms with E-state index in [0.29, 0.717) is 25.9 Å². The smallest absolute Gasteiger partial charge is 0.228 e. The van der Waals surface area contributed by atoms with Gasteiger partial charge in [-0.2, -0.15) is 0 Å². The Labute approximate surface area is 152 Å². The Hall–Kier alpha value is -1.76. The van der Waals surface area contributed by atoms with Crippen LogP contribution in [0.3, 0.4) is 0 Å². The zero-order chi connectivity index (χ0) is 17.9. The molecule has 1 aliphatic rings. The summed E-state index contributed by atoms with van der Waals surface area (Å²) in [6.45, 7) is 2.65. The van der Waals surface area contributed by atoms with Crippen LogP contribution < -0.4 is 0 Å². The van der Waals surface area contributed by atoms with Gasteiger partial charge in [-0.3, -0.25) is 4.79 Å². The van der Waals surface area contributed by atoms with Crippen molar-refractivity contribution in [2.24, 2.45) is 5.41 Å². The molecular weight excluding hydrogens is 336 g/mol. The van der Waals surface area contributed by atoms with Gasteiger partial charge >= 0.3 is 0 Å². The lowest BCUT2D eigenvalue weighted by Crippen LogP contribution is -2.56. The number of benzene rings is 1. The standard InChI is InChI=1S/C19H24N2O3S/c1-14-20-16(11-25-14)9-18(24)21-8-7-17(23)19(12-21,13-22)10-15-5-3-2-4-6-15/h2-6,11,17,22-23H,7-10,12-13H2,1H3/t17-,19+/m0/s1. The molecular formula is C19H24N2O3S. The fourth-order valence-electron chi connectivity index (χ4n) is 3.51. The number of aromatic nitrogens is 1. The van der Waals surface area contributed by atoms with Crippen molar-refractivity contribution in [3.63, 3.8) is 0 Å². The van der Waals surface area contributed by atoms with Gasteiger partial charge in [0.15, 0.2) is 0 Å². The molecule has 1 saturated heterocycles. The molecule has 2 heterocycles. The van der Waals surface area contributed by atoms with Crippen LogP contribution in [0.2, 0.25) is 0 Å². The van der Waals surface area contributed by atoms with Crippen LogP contribution in [0, 0.1) is 12.3 Å². The van der Waals surface area contributed by atoms with Gasteiger partial charge < -0.3 is 15.1 Å². The zero-order valence-corrected chi connectivity index (χ0v) is 15.2. The van der Waals surface area contributed by atoms with Crippen LogP contribution >= 0.6 is 11.3 Å². The molecule has 134 valence electrons. The minimum Gasteiger partial charge on any atom is -0.396 e. The predicted molar refractivity (Wildman–Crippen MR) is 97.4 cm³/mol. The molecule has 5 nitrogen and oxygen atoms in total. The monoisotopic (exact) mass is 360 g/mol. The summed E-state index contributed by atoms with van der Waals surface area (Å²) in [4.78, 5) is 18.8. The van der Waals surface area contributed by atoms with Gasteiger partial charge in [-0.25, -0.2) is 4.98 Å². The van der Waals surface area contributed by atoms with Gasteiger partial charge in [-0.15, -0.1) is 11.3 Å². The lowest BCUT2D eigenvalue weighted by Gasteiger charge is -2.45. The maximum absolute atomic E-state index is 12.7. The molecule has 1 aromatic heterocycles. The average molecular weight is 360 g/mol. The van der Waals surface area contributed by atoms with Gasteiger partial charge in [0.25, 0.3) is 0 Å². The van der Waals surface area contributed by atoms with E-state index in [1.807, 2.05) is 42.6 Å². The number of rotatable bonds is 5. The zero-order valence-electron chi connectivity index (χ0n) is 14.4. The Bertz CT molecular complexity index is 718. The fraction of sp³-hybridized carbons (Fsp3) is 0.474. The number of carbonyl (C=O) groups excluding carboxylic acids is 1. The molecule has 1 fully saturated rings. The van der Waals surface area contributed by atoms with Crippen LogP contribution in [-0.2, 0) is 17.6 Å². The van der Waals surface area contributed by atoms with Crippen LogP contribution in [-0.4, -0.2) is 51.8 Å². The number of hydrogen-bond donors (Lipinski definition) is 2. The fourth-order valence-corrected chi connectivity index (χ4v) is 4.12. The molecule has 0 radical (unpaired) electrons. The molecule has 0 aliphatic carbocycles. The first-order valence-corrected chi connectivity index (χ1v) is 9.42. The highest BCUT2D eigenvalue weighted by Crippen LogP contribution is 2.34. The Kier molecular flexibility index (Phi) is 5.51. The highest BCUT2D eigenvalue weighted by Gasteiger charge is 2.43. The number of aliphatic hydroxyl groups excluding tert-OH is 2. The molecule has 1 aromatic carbocycles.